The Bertz CT molecular complexity index is 229. The van der Waals surface area contributed by atoms with Crippen LogP contribution < -0.4 is 5.73 Å². The average Bonchev–Trinajstić information content (AvgIpc) is 2.90. The molecule has 1 fully saturated rings. The minimum absolute atomic E-state index is 0.0481. The van der Waals surface area contributed by atoms with Crippen molar-refractivity contribution in [3.63, 3.8) is 0 Å². The smallest absolute Gasteiger partial charge is 0.328 e. The normalized spacial score (nSPS) is 17.1. The van der Waals surface area contributed by atoms with Gasteiger partial charge in [-0.05, 0) is 12.8 Å². The lowest BCUT2D eigenvalue weighted by atomic mass is 10.2. The molecule has 0 aliphatic carbocycles. The van der Waals surface area contributed by atoms with Gasteiger partial charge < -0.3 is 15.4 Å². The molecule has 1 atom stereocenters. The summed E-state index contributed by atoms with van der Waals surface area (Å²) < 4.78 is 4.59. The molecule has 0 bridgehead atoms. The fourth-order valence-electron chi connectivity index (χ4n) is 1.56. The van der Waals surface area contributed by atoms with Crippen LogP contribution in [0, 0.1) is 12.8 Å². The number of amides is 1. The number of rotatable bonds is 2. The summed E-state index contributed by atoms with van der Waals surface area (Å²) in [6.45, 7) is 4.56. The van der Waals surface area contributed by atoms with Crippen molar-refractivity contribution in [1.82, 2.24) is 4.90 Å². The van der Waals surface area contributed by atoms with Crippen LogP contribution in [0.4, 0.5) is 0 Å². The summed E-state index contributed by atoms with van der Waals surface area (Å²) in [5.41, 5.74) is 5.21. The number of hydrogen-bond acceptors (Lipinski definition) is 4. The molecule has 1 amide bonds. The van der Waals surface area contributed by atoms with Crippen LogP contribution in [-0.2, 0) is 14.3 Å². The van der Waals surface area contributed by atoms with E-state index in [9.17, 15) is 9.59 Å². The number of nitrogens with zero attached hydrogens (tertiary/aromatic N) is 1. The van der Waals surface area contributed by atoms with Crippen LogP contribution in [0.2, 0.25) is 0 Å². The number of esters is 1. The first kappa shape index (κ1) is 17.8. The van der Waals surface area contributed by atoms with Gasteiger partial charge in [-0.25, -0.2) is 4.79 Å². The first-order valence-corrected chi connectivity index (χ1v) is 5.61. The van der Waals surface area contributed by atoms with Gasteiger partial charge in [-0.3, -0.25) is 4.79 Å². The monoisotopic (exact) mass is 242 g/mol. The molecule has 5 nitrogen and oxygen atoms in total. The molecule has 0 aromatic rings. The van der Waals surface area contributed by atoms with Crippen molar-refractivity contribution >= 4 is 11.9 Å². The summed E-state index contributed by atoms with van der Waals surface area (Å²) in [5.74, 6) is -0.535. The Labute approximate surface area is 103 Å². The predicted octanol–water partition coefficient (Wildman–Crippen LogP) is 0.385. The van der Waals surface area contributed by atoms with Gasteiger partial charge in [-0.1, -0.05) is 13.8 Å². The van der Waals surface area contributed by atoms with Crippen LogP contribution in [0.1, 0.15) is 26.7 Å². The zero-order valence-electron chi connectivity index (χ0n) is 10.8. The highest BCUT2D eigenvalue weighted by Gasteiger charge is 2.33. The third-order valence-corrected chi connectivity index (χ3v) is 2.22. The Kier molecular flexibility index (Phi) is 11.5. The number of likely N-dealkylation sites (tertiary alicyclic amines) is 1. The number of hydrogen-bond donors (Lipinski definition) is 1. The number of methoxy groups -OCH3 is 1. The summed E-state index contributed by atoms with van der Waals surface area (Å²) in [7, 11) is 1.33. The Balaban J connectivity index is 0. The lowest BCUT2D eigenvalue weighted by molar-refractivity contribution is -0.150. The number of nitrogens with two attached hydrogens (primary N) is 1. The highest BCUT2D eigenvalue weighted by molar-refractivity contribution is 5.86. The maximum absolute atomic E-state index is 11.2. The molecule has 1 heterocycles. The van der Waals surface area contributed by atoms with E-state index in [0.717, 1.165) is 6.42 Å². The van der Waals surface area contributed by atoms with Crippen molar-refractivity contribution in [1.29, 1.82) is 0 Å². The van der Waals surface area contributed by atoms with Crippen LogP contribution in [-0.4, -0.2) is 43.0 Å². The SMILES string of the molecule is C#C.CC.COC(=O)C1CCCN1C(=O)CN. The quantitative estimate of drug-likeness (QED) is 0.561. The largest absolute Gasteiger partial charge is 0.467 e. The van der Waals surface area contributed by atoms with Crippen LogP contribution in [0.3, 0.4) is 0 Å². The molecular weight excluding hydrogens is 220 g/mol. The van der Waals surface area contributed by atoms with E-state index in [1.54, 1.807) is 0 Å². The molecule has 98 valence electrons. The first-order valence-electron chi connectivity index (χ1n) is 5.61. The molecule has 0 saturated carbocycles. The topological polar surface area (TPSA) is 72.6 Å². The molecule has 2 N–H and O–H groups in total. The van der Waals surface area contributed by atoms with Gasteiger partial charge in [0, 0.05) is 6.54 Å². The van der Waals surface area contributed by atoms with Crippen LogP contribution in [0.25, 0.3) is 0 Å². The molecule has 0 radical (unpaired) electrons. The third-order valence-electron chi connectivity index (χ3n) is 2.22. The van der Waals surface area contributed by atoms with E-state index in [1.807, 2.05) is 13.8 Å². The van der Waals surface area contributed by atoms with E-state index in [2.05, 4.69) is 17.6 Å². The Morgan fingerprint density at radius 1 is 1.41 bits per heavy atom. The van der Waals surface area contributed by atoms with Crippen LogP contribution in [0.15, 0.2) is 0 Å². The van der Waals surface area contributed by atoms with Gasteiger partial charge in [0.25, 0.3) is 0 Å². The second kappa shape index (κ2) is 11.0. The number of carbonyl (C=O) groups is 2. The number of carbonyl (C=O) groups excluding carboxylic acids is 2. The van der Waals surface area contributed by atoms with Gasteiger partial charge in [0.05, 0.1) is 13.7 Å². The molecule has 1 rings (SSSR count). The van der Waals surface area contributed by atoms with Crippen molar-refractivity contribution in [2.45, 2.75) is 32.7 Å². The zero-order valence-corrected chi connectivity index (χ0v) is 10.8. The predicted molar refractivity (Wildman–Crippen MR) is 67.0 cm³/mol. The minimum atomic E-state index is -0.416. The Hall–Kier alpha value is -1.54. The Morgan fingerprint density at radius 2 is 1.94 bits per heavy atom. The van der Waals surface area contributed by atoms with Crippen molar-refractivity contribution < 1.29 is 14.3 Å². The molecule has 5 heteroatoms. The van der Waals surface area contributed by atoms with Gasteiger partial charge in [-0.15, -0.1) is 12.8 Å². The molecule has 0 spiro atoms. The Morgan fingerprint density at radius 3 is 2.35 bits per heavy atom. The van der Waals surface area contributed by atoms with Gasteiger partial charge in [0.2, 0.25) is 5.91 Å². The van der Waals surface area contributed by atoms with Gasteiger partial charge in [-0.2, -0.15) is 0 Å². The molecule has 0 aromatic carbocycles. The molecule has 0 aromatic heterocycles. The maximum atomic E-state index is 11.2. The lowest BCUT2D eigenvalue weighted by Gasteiger charge is -2.21. The maximum Gasteiger partial charge on any atom is 0.328 e. The summed E-state index contributed by atoms with van der Waals surface area (Å²) in [4.78, 5) is 23.9. The van der Waals surface area contributed by atoms with Gasteiger partial charge in [0.1, 0.15) is 6.04 Å². The second-order valence-corrected chi connectivity index (χ2v) is 2.97. The van der Waals surface area contributed by atoms with E-state index in [1.165, 1.54) is 12.0 Å². The summed E-state index contributed by atoms with van der Waals surface area (Å²) in [5, 5.41) is 0. The molecule has 1 aliphatic heterocycles. The summed E-state index contributed by atoms with van der Waals surface area (Å²) in [6, 6.07) is -0.416. The van der Waals surface area contributed by atoms with E-state index < -0.39 is 6.04 Å². The van der Waals surface area contributed by atoms with Crippen molar-refractivity contribution in [3.8, 4) is 12.8 Å². The van der Waals surface area contributed by atoms with E-state index >= 15 is 0 Å². The molecule has 17 heavy (non-hydrogen) atoms. The second-order valence-electron chi connectivity index (χ2n) is 2.97. The van der Waals surface area contributed by atoms with Crippen molar-refractivity contribution in [2.24, 2.45) is 5.73 Å². The van der Waals surface area contributed by atoms with Crippen molar-refractivity contribution in [3.05, 3.63) is 0 Å². The van der Waals surface area contributed by atoms with Crippen molar-refractivity contribution in [2.75, 3.05) is 20.2 Å². The number of ether oxygens (including phenoxy) is 1. The highest BCUT2D eigenvalue weighted by Crippen LogP contribution is 2.17. The molecule has 1 unspecified atom stereocenters. The standard InChI is InChI=1S/C8H14N2O3.C2H6.C2H2/c1-13-8(12)6-3-2-4-10(6)7(11)5-9;2*1-2/h6H,2-5,9H2,1H3;1-2H3;1-2H. The first-order chi connectivity index (χ1) is 8.20. The van der Waals surface area contributed by atoms with Crippen LogP contribution in [0.5, 0.6) is 0 Å². The fourth-order valence-corrected chi connectivity index (χ4v) is 1.56. The van der Waals surface area contributed by atoms with Crippen LogP contribution >= 0.6 is 0 Å². The lowest BCUT2D eigenvalue weighted by Crippen LogP contribution is -2.43. The molecule has 1 aliphatic rings. The van der Waals surface area contributed by atoms with E-state index in [0.29, 0.717) is 13.0 Å². The fraction of sp³-hybridized carbons (Fsp3) is 0.667. The summed E-state index contributed by atoms with van der Waals surface area (Å²) >= 11 is 0. The van der Waals surface area contributed by atoms with Gasteiger partial charge >= 0.3 is 5.97 Å². The summed E-state index contributed by atoms with van der Waals surface area (Å²) in [6.07, 6.45) is 9.52. The minimum Gasteiger partial charge on any atom is -0.467 e. The van der Waals surface area contributed by atoms with Gasteiger partial charge in [0.15, 0.2) is 0 Å². The molecule has 1 saturated heterocycles. The average molecular weight is 242 g/mol. The van der Waals surface area contributed by atoms with E-state index in [4.69, 9.17) is 5.73 Å². The van der Waals surface area contributed by atoms with E-state index in [-0.39, 0.29) is 18.4 Å². The highest BCUT2D eigenvalue weighted by atomic mass is 16.5. The number of terminal acetylenes is 1. The molecular formula is C12H22N2O3. The third kappa shape index (κ3) is 5.36. The zero-order chi connectivity index (χ0) is 13.8.